The van der Waals surface area contributed by atoms with Gasteiger partial charge in [0.05, 0.1) is 16.6 Å². The number of aromatic nitrogens is 1. The van der Waals surface area contributed by atoms with Gasteiger partial charge in [-0.3, -0.25) is 19.4 Å². The SMILES string of the molecule is CO[C@@H]1CN(C)C(=O)c2cc(NS(=O)(=O)c3ccccc3)ccc2OC[C@@H](C)N(Cc2cccnc2)C[C@@H]1C. The summed E-state index contributed by atoms with van der Waals surface area (Å²) in [6.07, 6.45) is 3.42. The fourth-order valence-electron chi connectivity index (χ4n) is 4.68. The smallest absolute Gasteiger partial charge is 0.261 e. The lowest BCUT2D eigenvalue weighted by molar-refractivity contribution is 0.00920. The number of hydrogen-bond acceptors (Lipinski definition) is 7. The van der Waals surface area contributed by atoms with E-state index in [9.17, 15) is 13.2 Å². The zero-order chi connectivity index (χ0) is 28.0. The number of hydrogen-bond donors (Lipinski definition) is 1. The van der Waals surface area contributed by atoms with Gasteiger partial charge in [0, 0.05) is 57.9 Å². The van der Waals surface area contributed by atoms with Crippen molar-refractivity contribution in [1.29, 1.82) is 0 Å². The topological polar surface area (TPSA) is 101 Å². The average Bonchev–Trinajstić information content (AvgIpc) is 2.94. The summed E-state index contributed by atoms with van der Waals surface area (Å²) >= 11 is 0. The van der Waals surface area contributed by atoms with Gasteiger partial charge in [-0.2, -0.15) is 0 Å². The molecule has 208 valence electrons. The van der Waals surface area contributed by atoms with Crippen LogP contribution in [0.2, 0.25) is 0 Å². The number of carbonyl (C=O) groups is 1. The Morgan fingerprint density at radius 3 is 2.54 bits per heavy atom. The summed E-state index contributed by atoms with van der Waals surface area (Å²) in [5, 5.41) is 0. The molecule has 1 aliphatic rings. The number of anilines is 1. The molecule has 9 nitrogen and oxygen atoms in total. The number of benzene rings is 2. The molecule has 0 fully saturated rings. The predicted molar refractivity (Wildman–Crippen MR) is 150 cm³/mol. The van der Waals surface area contributed by atoms with E-state index in [0.717, 1.165) is 12.1 Å². The number of amides is 1. The molecule has 1 aliphatic heterocycles. The lowest BCUT2D eigenvalue weighted by Crippen LogP contribution is -2.46. The second kappa shape index (κ2) is 12.6. The largest absolute Gasteiger partial charge is 0.491 e. The minimum Gasteiger partial charge on any atom is -0.491 e. The molecule has 0 aliphatic carbocycles. The molecule has 1 N–H and O–H groups in total. The summed E-state index contributed by atoms with van der Waals surface area (Å²) in [7, 11) is -0.448. The number of pyridine rings is 1. The van der Waals surface area contributed by atoms with Crippen LogP contribution in [0.15, 0.2) is 78.0 Å². The van der Waals surface area contributed by atoms with Crippen molar-refractivity contribution >= 4 is 21.6 Å². The number of ether oxygens (including phenoxy) is 2. The van der Waals surface area contributed by atoms with Crippen molar-refractivity contribution in [3.05, 3.63) is 84.2 Å². The zero-order valence-electron chi connectivity index (χ0n) is 22.8. The quantitative estimate of drug-likeness (QED) is 0.495. The Labute approximate surface area is 230 Å². The van der Waals surface area contributed by atoms with Crippen molar-refractivity contribution in [1.82, 2.24) is 14.8 Å². The average molecular weight is 553 g/mol. The number of fused-ring (bicyclic) bond motifs is 1. The molecule has 3 aromatic rings. The number of methoxy groups -OCH3 is 1. The molecule has 0 saturated heterocycles. The van der Waals surface area contributed by atoms with E-state index >= 15 is 0 Å². The normalized spacial score (nSPS) is 21.3. The van der Waals surface area contributed by atoms with Crippen molar-refractivity contribution in [2.24, 2.45) is 5.92 Å². The van der Waals surface area contributed by atoms with Crippen molar-refractivity contribution in [3.63, 3.8) is 0 Å². The van der Waals surface area contributed by atoms with Crippen molar-refractivity contribution in [3.8, 4) is 5.75 Å². The fraction of sp³-hybridized carbons (Fsp3) is 0.379. The standard InChI is InChI=1S/C29H36N4O5S/c1-21-17-33(18-23-9-8-14-30-16-23)22(2)20-38-27-13-12-24(31-39(35,36)25-10-6-5-7-11-25)15-26(27)29(34)32(3)19-28(21)37-4/h5-16,21-22,28,31H,17-20H2,1-4H3/t21-,22+,28+/m0/s1. The van der Waals surface area contributed by atoms with E-state index in [1.54, 1.807) is 55.6 Å². The molecule has 0 unspecified atom stereocenters. The second-order valence-electron chi connectivity index (χ2n) is 10.0. The van der Waals surface area contributed by atoms with Gasteiger partial charge in [-0.25, -0.2) is 8.42 Å². The first-order valence-corrected chi connectivity index (χ1v) is 14.4. The number of sulfonamides is 1. The maximum absolute atomic E-state index is 13.6. The molecule has 1 amide bonds. The minimum atomic E-state index is -3.82. The number of likely N-dealkylation sites (N-methyl/N-ethyl adjacent to an activating group) is 1. The molecule has 0 saturated carbocycles. The van der Waals surface area contributed by atoms with Crippen LogP contribution < -0.4 is 9.46 Å². The van der Waals surface area contributed by atoms with Gasteiger partial charge in [-0.15, -0.1) is 0 Å². The molecule has 4 rings (SSSR count). The van der Waals surface area contributed by atoms with Crippen LogP contribution in [0, 0.1) is 5.92 Å². The highest BCUT2D eigenvalue weighted by Gasteiger charge is 2.29. The Morgan fingerprint density at radius 2 is 1.85 bits per heavy atom. The first kappa shape index (κ1) is 28.5. The summed E-state index contributed by atoms with van der Waals surface area (Å²) in [4.78, 5) is 21.9. The maximum atomic E-state index is 13.6. The predicted octanol–water partition coefficient (Wildman–Crippen LogP) is 3.89. The van der Waals surface area contributed by atoms with Crippen LogP contribution >= 0.6 is 0 Å². The molecule has 1 aromatic heterocycles. The molecule has 0 radical (unpaired) electrons. The number of rotatable bonds is 6. The molecular weight excluding hydrogens is 516 g/mol. The van der Waals surface area contributed by atoms with Crippen LogP contribution in [-0.2, 0) is 21.3 Å². The molecule has 0 spiro atoms. The zero-order valence-corrected chi connectivity index (χ0v) is 23.6. The van der Waals surface area contributed by atoms with E-state index < -0.39 is 10.0 Å². The first-order valence-electron chi connectivity index (χ1n) is 12.9. The first-order chi connectivity index (χ1) is 18.7. The molecule has 0 bridgehead atoms. The monoisotopic (exact) mass is 552 g/mol. The highest BCUT2D eigenvalue weighted by molar-refractivity contribution is 7.92. The van der Waals surface area contributed by atoms with E-state index in [-0.39, 0.29) is 40.1 Å². The van der Waals surface area contributed by atoms with Gasteiger partial charge in [0.2, 0.25) is 0 Å². The third kappa shape index (κ3) is 7.14. The summed E-state index contributed by atoms with van der Waals surface area (Å²) in [5.41, 5.74) is 1.65. The summed E-state index contributed by atoms with van der Waals surface area (Å²) in [6.45, 7) is 6.35. The number of nitrogens with one attached hydrogen (secondary N) is 1. The van der Waals surface area contributed by atoms with Gasteiger partial charge in [0.15, 0.2) is 0 Å². The van der Waals surface area contributed by atoms with Gasteiger partial charge in [0.1, 0.15) is 12.4 Å². The van der Waals surface area contributed by atoms with E-state index in [1.807, 2.05) is 12.3 Å². The lowest BCUT2D eigenvalue weighted by Gasteiger charge is -2.36. The van der Waals surface area contributed by atoms with Crippen LogP contribution in [0.3, 0.4) is 0 Å². The summed E-state index contributed by atoms with van der Waals surface area (Å²) in [5.74, 6) is 0.234. The molecule has 10 heteroatoms. The van der Waals surface area contributed by atoms with E-state index in [4.69, 9.17) is 9.47 Å². The van der Waals surface area contributed by atoms with Gasteiger partial charge in [-0.1, -0.05) is 31.2 Å². The van der Waals surface area contributed by atoms with E-state index in [2.05, 4.69) is 34.5 Å². The van der Waals surface area contributed by atoms with Gasteiger partial charge < -0.3 is 14.4 Å². The highest BCUT2D eigenvalue weighted by atomic mass is 32.2. The Morgan fingerprint density at radius 1 is 1.08 bits per heavy atom. The van der Waals surface area contributed by atoms with Crippen LogP contribution in [0.4, 0.5) is 5.69 Å². The van der Waals surface area contributed by atoms with Crippen LogP contribution in [0.25, 0.3) is 0 Å². The molecule has 3 atom stereocenters. The Balaban J connectivity index is 1.65. The Bertz CT molecular complexity index is 1350. The maximum Gasteiger partial charge on any atom is 0.261 e. The Kier molecular flexibility index (Phi) is 9.21. The van der Waals surface area contributed by atoms with E-state index in [1.165, 1.54) is 18.2 Å². The van der Waals surface area contributed by atoms with Gasteiger partial charge in [0.25, 0.3) is 15.9 Å². The van der Waals surface area contributed by atoms with Crippen LogP contribution in [0.1, 0.15) is 29.8 Å². The summed E-state index contributed by atoms with van der Waals surface area (Å²) < 4.78 is 40.4. The number of nitrogens with zero attached hydrogens (tertiary/aromatic N) is 3. The van der Waals surface area contributed by atoms with Crippen LogP contribution in [0.5, 0.6) is 5.75 Å². The molecule has 39 heavy (non-hydrogen) atoms. The van der Waals surface area contributed by atoms with Gasteiger partial charge >= 0.3 is 0 Å². The third-order valence-electron chi connectivity index (χ3n) is 6.99. The number of carbonyl (C=O) groups excluding carboxylic acids is 1. The van der Waals surface area contributed by atoms with Crippen molar-refractivity contribution in [2.75, 3.05) is 38.6 Å². The molecule has 2 heterocycles. The minimum absolute atomic E-state index is 0.0153. The summed E-state index contributed by atoms with van der Waals surface area (Å²) in [6, 6.07) is 16.9. The van der Waals surface area contributed by atoms with E-state index in [0.29, 0.717) is 25.4 Å². The van der Waals surface area contributed by atoms with Gasteiger partial charge in [-0.05, 0) is 54.8 Å². The molecular formula is C29H36N4O5S. The third-order valence-corrected chi connectivity index (χ3v) is 8.39. The molecule has 2 aromatic carbocycles. The fourth-order valence-corrected chi connectivity index (χ4v) is 5.75. The Hall–Kier alpha value is -3.47. The lowest BCUT2D eigenvalue weighted by atomic mass is 10.0. The second-order valence-corrected chi connectivity index (χ2v) is 11.7. The highest BCUT2D eigenvalue weighted by Crippen LogP contribution is 2.28. The van der Waals surface area contributed by atoms with Crippen molar-refractivity contribution in [2.45, 2.75) is 37.4 Å². The van der Waals surface area contributed by atoms with Crippen LogP contribution in [-0.4, -0.2) is 75.1 Å². The van der Waals surface area contributed by atoms with Crippen molar-refractivity contribution < 1.29 is 22.7 Å².